The van der Waals surface area contributed by atoms with Gasteiger partial charge in [-0.1, -0.05) is 31.9 Å². The van der Waals surface area contributed by atoms with E-state index in [0.717, 1.165) is 25.9 Å². The summed E-state index contributed by atoms with van der Waals surface area (Å²) in [5.41, 5.74) is -0.0634. The lowest BCUT2D eigenvalue weighted by atomic mass is 10.3. The molecule has 0 spiro atoms. The Bertz CT molecular complexity index is 172. The molecule has 0 bridgehead atoms. The average molecular weight is 204 g/mol. The number of halogens is 1. The summed E-state index contributed by atoms with van der Waals surface area (Å²) in [6.07, 6.45) is 5.29. The van der Waals surface area contributed by atoms with Crippen LogP contribution in [0.4, 0.5) is 0 Å². The molecule has 0 saturated heterocycles. The van der Waals surface area contributed by atoms with Gasteiger partial charge >= 0.3 is 0 Å². The van der Waals surface area contributed by atoms with Crippen LogP contribution in [0, 0.1) is 0 Å². The highest BCUT2D eigenvalue weighted by Crippen LogP contribution is 2.16. The molecule has 0 aromatic rings. The van der Waals surface area contributed by atoms with Crippen molar-refractivity contribution in [2.45, 2.75) is 38.7 Å². The van der Waals surface area contributed by atoms with Crippen molar-refractivity contribution in [3.05, 3.63) is 0 Å². The van der Waals surface area contributed by atoms with Gasteiger partial charge in [-0.15, -0.1) is 0 Å². The van der Waals surface area contributed by atoms with Crippen LogP contribution in [0.3, 0.4) is 0 Å². The van der Waals surface area contributed by atoms with E-state index in [1.165, 1.54) is 6.42 Å². The van der Waals surface area contributed by atoms with Crippen LogP contribution in [0.1, 0.15) is 33.1 Å². The molecule has 0 radical (unpaired) electrons. The second-order valence-corrected chi connectivity index (χ2v) is 3.69. The Kier molecular flexibility index (Phi) is 4.36. The fraction of sp³-hybridized carbons (Fsp3) is 0.889. The predicted molar refractivity (Wildman–Crippen MR) is 56.7 cm³/mol. The number of alkyl halides is 1. The highest BCUT2D eigenvalue weighted by atomic mass is 35.5. The van der Waals surface area contributed by atoms with Crippen molar-refractivity contribution in [1.82, 2.24) is 9.91 Å². The van der Waals surface area contributed by atoms with E-state index in [4.69, 9.17) is 11.6 Å². The molecule has 0 aliphatic carbocycles. The number of unbranched alkanes of at least 4 members (excludes halogenated alkanes) is 1. The topological polar surface area (TPSA) is 18.8 Å². The quantitative estimate of drug-likeness (QED) is 0.505. The van der Waals surface area contributed by atoms with Crippen LogP contribution in [0.25, 0.3) is 0 Å². The highest BCUT2D eigenvalue weighted by molar-refractivity contribution is 6.20. The van der Waals surface area contributed by atoms with Gasteiger partial charge in [0.1, 0.15) is 6.34 Å². The molecule has 0 N–H and O–H groups in total. The number of rotatable bonds is 5. The van der Waals surface area contributed by atoms with E-state index in [9.17, 15) is 0 Å². The van der Waals surface area contributed by atoms with Crippen molar-refractivity contribution in [2.75, 3.05) is 13.1 Å². The lowest BCUT2D eigenvalue weighted by molar-refractivity contribution is 0.197. The Hall–Kier alpha value is -0.440. The van der Waals surface area contributed by atoms with Crippen molar-refractivity contribution < 1.29 is 0 Å². The molecule has 0 amide bonds. The summed E-state index contributed by atoms with van der Waals surface area (Å²) in [4.78, 5) is 2.07. The van der Waals surface area contributed by atoms with Gasteiger partial charge in [-0.3, -0.25) is 5.01 Å². The van der Waals surface area contributed by atoms with Gasteiger partial charge in [-0.2, -0.15) is 5.10 Å². The fourth-order valence-electron chi connectivity index (χ4n) is 1.32. The molecule has 0 saturated carbocycles. The second kappa shape index (κ2) is 5.32. The SMILES string of the molecule is CCCCN1N=CN(CCC)C1Cl. The van der Waals surface area contributed by atoms with Crippen LogP contribution in [0.5, 0.6) is 0 Å². The molecule has 1 rings (SSSR count). The summed E-state index contributed by atoms with van der Waals surface area (Å²) in [7, 11) is 0. The maximum atomic E-state index is 6.19. The average Bonchev–Trinajstić information content (AvgIpc) is 2.46. The van der Waals surface area contributed by atoms with Gasteiger partial charge in [-0.25, -0.2) is 0 Å². The minimum absolute atomic E-state index is 0.0634. The molecular formula is C9H18ClN3. The lowest BCUT2D eigenvalue weighted by Crippen LogP contribution is -2.35. The Morgan fingerprint density at radius 3 is 2.69 bits per heavy atom. The van der Waals surface area contributed by atoms with Crippen LogP contribution >= 0.6 is 11.6 Å². The molecule has 0 aromatic heterocycles. The van der Waals surface area contributed by atoms with Crippen LogP contribution in [-0.2, 0) is 0 Å². The first-order valence-electron chi connectivity index (χ1n) is 5.00. The van der Waals surface area contributed by atoms with Gasteiger partial charge in [0.15, 0.2) is 5.62 Å². The highest BCUT2D eigenvalue weighted by Gasteiger charge is 2.23. The van der Waals surface area contributed by atoms with Crippen LogP contribution in [-0.4, -0.2) is 35.0 Å². The first kappa shape index (κ1) is 10.6. The summed E-state index contributed by atoms with van der Waals surface area (Å²) in [6.45, 7) is 6.26. The molecule has 76 valence electrons. The first-order valence-corrected chi connectivity index (χ1v) is 5.43. The van der Waals surface area contributed by atoms with E-state index in [-0.39, 0.29) is 5.62 Å². The van der Waals surface area contributed by atoms with Crippen molar-refractivity contribution in [3.8, 4) is 0 Å². The molecular weight excluding hydrogens is 186 g/mol. The van der Waals surface area contributed by atoms with Crippen molar-refractivity contribution in [1.29, 1.82) is 0 Å². The molecule has 1 atom stereocenters. The van der Waals surface area contributed by atoms with Crippen molar-refractivity contribution in [2.24, 2.45) is 5.10 Å². The summed E-state index contributed by atoms with van der Waals surface area (Å²) < 4.78 is 0. The van der Waals surface area contributed by atoms with E-state index in [0.29, 0.717) is 0 Å². The van der Waals surface area contributed by atoms with Crippen LogP contribution in [0.15, 0.2) is 5.10 Å². The van der Waals surface area contributed by atoms with Gasteiger partial charge in [0.05, 0.1) is 0 Å². The minimum Gasteiger partial charge on any atom is -0.327 e. The molecule has 1 aliphatic heterocycles. The maximum absolute atomic E-state index is 6.19. The zero-order valence-corrected chi connectivity index (χ0v) is 9.17. The summed E-state index contributed by atoms with van der Waals surface area (Å²) in [5, 5.41) is 6.20. The Balaban J connectivity index is 2.32. The second-order valence-electron chi connectivity index (χ2n) is 3.30. The van der Waals surface area contributed by atoms with Crippen LogP contribution in [0.2, 0.25) is 0 Å². The molecule has 0 fully saturated rings. The number of nitrogens with zero attached hydrogens (tertiary/aromatic N) is 3. The Labute approximate surface area is 85.3 Å². The first-order chi connectivity index (χ1) is 6.29. The van der Waals surface area contributed by atoms with E-state index in [1.807, 2.05) is 11.3 Å². The molecule has 1 heterocycles. The van der Waals surface area contributed by atoms with E-state index < -0.39 is 0 Å². The molecule has 0 aromatic carbocycles. The largest absolute Gasteiger partial charge is 0.327 e. The van der Waals surface area contributed by atoms with Gasteiger partial charge < -0.3 is 4.90 Å². The normalized spacial score (nSPS) is 21.6. The Morgan fingerprint density at radius 1 is 1.31 bits per heavy atom. The molecule has 3 nitrogen and oxygen atoms in total. The van der Waals surface area contributed by atoms with Gasteiger partial charge in [0, 0.05) is 13.1 Å². The predicted octanol–water partition coefficient (Wildman–Crippen LogP) is 2.28. The molecule has 4 heteroatoms. The third-order valence-electron chi connectivity index (χ3n) is 2.09. The summed E-state index contributed by atoms with van der Waals surface area (Å²) in [6, 6.07) is 0. The standard InChI is InChI=1S/C9H18ClN3/c1-3-5-7-13-9(10)12(6-4-2)8-11-13/h8-9H,3-7H2,1-2H3. The summed E-state index contributed by atoms with van der Waals surface area (Å²) >= 11 is 6.19. The van der Waals surface area contributed by atoms with Crippen LogP contribution < -0.4 is 0 Å². The molecule has 1 unspecified atom stereocenters. The van der Waals surface area contributed by atoms with E-state index in [1.54, 1.807) is 0 Å². The summed E-state index contributed by atoms with van der Waals surface area (Å²) in [5.74, 6) is 0. The van der Waals surface area contributed by atoms with E-state index in [2.05, 4.69) is 23.8 Å². The van der Waals surface area contributed by atoms with Crippen molar-refractivity contribution in [3.63, 3.8) is 0 Å². The zero-order chi connectivity index (χ0) is 9.68. The monoisotopic (exact) mass is 203 g/mol. The minimum atomic E-state index is -0.0634. The lowest BCUT2D eigenvalue weighted by Gasteiger charge is -2.24. The number of hydrogen-bond donors (Lipinski definition) is 0. The van der Waals surface area contributed by atoms with Crippen molar-refractivity contribution >= 4 is 17.9 Å². The third kappa shape index (κ3) is 2.76. The maximum Gasteiger partial charge on any atom is 0.195 e. The third-order valence-corrected chi connectivity index (χ3v) is 2.57. The van der Waals surface area contributed by atoms with Gasteiger partial charge in [0.2, 0.25) is 0 Å². The molecule has 1 aliphatic rings. The number of hydrazone groups is 1. The smallest absolute Gasteiger partial charge is 0.195 e. The van der Waals surface area contributed by atoms with E-state index >= 15 is 0 Å². The zero-order valence-electron chi connectivity index (χ0n) is 8.41. The van der Waals surface area contributed by atoms with Gasteiger partial charge in [0.25, 0.3) is 0 Å². The fourth-order valence-corrected chi connectivity index (χ4v) is 1.62. The Morgan fingerprint density at radius 2 is 2.08 bits per heavy atom. The number of hydrogen-bond acceptors (Lipinski definition) is 3. The van der Waals surface area contributed by atoms with Gasteiger partial charge in [-0.05, 0) is 12.8 Å². The molecule has 13 heavy (non-hydrogen) atoms.